The Labute approximate surface area is 153 Å². The predicted molar refractivity (Wildman–Crippen MR) is 104 cm³/mol. The number of hydrogen-bond acceptors (Lipinski definition) is 1. The number of carbonyl (C=O) groups is 1. The summed E-state index contributed by atoms with van der Waals surface area (Å²) in [5.74, 6) is -0.899. The largest absolute Gasteiger partial charge is 0.478 e. The van der Waals surface area contributed by atoms with Gasteiger partial charge in [-0.25, -0.2) is 9.36 Å². The van der Waals surface area contributed by atoms with Crippen LogP contribution in [0.25, 0.3) is 12.2 Å². The molecule has 0 fully saturated rings. The van der Waals surface area contributed by atoms with Crippen LogP contribution in [0.5, 0.6) is 0 Å². The van der Waals surface area contributed by atoms with Gasteiger partial charge in [0.2, 0.25) is 0 Å². The van der Waals surface area contributed by atoms with E-state index in [1.807, 2.05) is 23.0 Å². The lowest BCUT2D eigenvalue weighted by atomic mass is 10.1. The molecule has 0 saturated carbocycles. The lowest BCUT2D eigenvalue weighted by Crippen LogP contribution is -2.33. The summed E-state index contributed by atoms with van der Waals surface area (Å²) in [4.78, 5) is 11.1. The summed E-state index contributed by atoms with van der Waals surface area (Å²) < 4.78 is 2.04. The number of benzene rings is 2. The van der Waals surface area contributed by atoms with Gasteiger partial charge in [0.1, 0.15) is 0 Å². The number of carboxylic acids is 1. The van der Waals surface area contributed by atoms with Crippen LogP contribution in [0.15, 0.2) is 73.1 Å². The second-order valence-electron chi connectivity index (χ2n) is 6.24. The number of pyridine rings is 1. The minimum Gasteiger partial charge on any atom is -0.478 e. The van der Waals surface area contributed by atoms with Crippen LogP contribution in [0.4, 0.5) is 0 Å². The minimum atomic E-state index is -0.899. The molecule has 1 heterocycles. The van der Waals surface area contributed by atoms with Gasteiger partial charge in [0.25, 0.3) is 0 Å². The molecule has 0 saturated heterocycles. The standard InChI is InChI=1S/C23H21NO2/c1-2-18-6-8-19(9-7-18)10-11-20-12-14-24(15-13-20)17-21-4-3-5-22(16-21)23(25)26/h3-16H,2,17H2,1H3/p+1/b11-10-. The molecule has 0 unspecified atom stereocenters. The summed E-state index contributed by atoms with van der Waals surface area (Å²) in [6.45, 7) is 2.80. The van der Waals surface area contributed by atoms with Crippen LogP contribution in [0, 0.1) is 0 Å². The number of carboxylic acid groups (broad SMARTS) is 1. The quantitative estimate of drug-likeness (QED) is 0.671. The van der Waals surface area contributed by atoms with E-state index in [2.05, 4.69) is 55.5 Å². The second kappa shape index (κ2) is 8.26. The number of aromatic carboxylic acids is 1. The topological polar surface area (TPSA) is 41.2 Å². The van der Waals surface area contributed by atoms with E-state index in [1.54, 1.807) is 18.2 Å². The van der Waals surface area contributed by atoms with E-state index in [1.165, 1.54) is 11.1 Å². The average Bonchev–Trinajstić information content (AvgIpc) is 2.68. The summed E-state index contributed by atoms with van der Waals surface area (Å²) in [5.41, 5.74) is 4.94. The molecule has 1 N–H and O–H groups in total. The Morgan fingerprint density at radius 1 is 0.923 bits per heavy atom. The molecule has 0 aliphatic carbocycles. The van der Waals surface area contributed by atoms with Crippen molar-refractivity contribution in [3.05, 3.63) is 101 Å². The van der Waals surface area contributed by atoms with Gasteiger partial charge in [-0.1, -0.05) is 55.5 Å². The number of aryl methyl sites for hydroxylation is 1. The first-order valence-corrected chi connectivity index (χ1v) is 8.72. The van der Waals surface area contributed by atoms with Gasteiger partial charge in [0.05, 0.1) is 5.56 Å². The van der Waals surface area contributed by atoms with Gasteiger partial charge in [-0.15, -0.1) is 0 Å². The molecule has 0 spiro atoms. The molecule has 0 amide bonds. The van der Waals surface area contributed by atoms with Gasteiger partial charge < -0.3 is 5.11 Å². The fourth-order valence-corrected chi connectivity index (χ4v) is 2.76. The van der Waals surface area contributed by atoms with E-state index in [4.69, 9.17) is 5.11 Å². The van der Waals surface area contributed by atoms with Crippen molar-refractivity contribution in [1.82, 2.24) is 0 Å². The van der Waals surface area contributed by atoms with E-state index >= 15 is 0 Å². The van der Waals surface area contributed by atoms with Crippen LogP contribution < -0.4 is 4.57 Å². The highest BCUT2D eigenvalue weighted by atomic mass is 16.4. The Morgan fingerprint density at radius 2 is 1.58 bits per heavy atom. The normalized spacial score (nSPS) is 11.0. The highest BCUT2D eigenvalue weighted by Gasteiger charge is 2.07. The molecule has 2 aromatic carbocycles. The maximum absolute atomic E-state index is 11.1. The lowest BCUT2D eigenvalue weighted by Gasteiger charge is -2.01. The van der Waals surface area contributed by atoms with Crippen molar-refractivity contribution in [1.29, 1.82) is 0 Å². The molecular weight excluding hydrogens is 322 g/mol. The Kier molecular flexibility index (Phi) is 5.59. The van der Waals surface area contributed by atoms with Gasteiger partial charge in [0, 0.05) is 17.7 Å². The summed E-state index contributed by atoms with van der Waals surface area (Å²) in [6, 6.07) is 19.7. The van der Waals surface area contributed by atoms with E-state index in [9.17, 15) is 4.79 Å². The third kappa shape index (κ3) is 4.67. The van der Waals surface area contributed by atoms with Crippen LogP contribution in [0.3, 0.4) is 0 Å². The fraction of sp³-hybridized carbons (Fsp3) is 0.130. The van der Waals surface area contributed by atoms with Crippen molar-refractivity contribution in [3.63, 3.8) is 0 Å². The maximum Gasteiger partial charge on any atom is 0.335 e. The van der Waals surface area contributed by atoms with Crippen molar-refractivity contribution in [2.75, 3.05) is 0 Å². The fourth-order valence-electron chi connectivity index (χ4n) is 2.76. The van der Waals surface area contributed by atoms with E-state index in [-0.39, 0.29) is 0 Å². The van der Waals surface area contributed by atoms with Crippen LogP contribution in [-0.2, 0) is 13.0 Å². The Morgan fingerprint density at radius 3 is 2.19 bits per heavy atom. The lowest BCUT2D eigenvalue weighted by molar-refractivity contribution is -0.688. The number of nitrogens with zero attached hydrogens (tertiary/aromatic N) is 1. The second-order valence-corrected chi connectivity index (χ2v) is 6.24. The summed E-state index contributed by atoms with van der Waals surface area (Å²) in [7, 11) is 0. The maximum atomic E-state index is 11.1. The molecule has 0 atom stereocenters. The molecule has 3 aromatic rings. The first-order valence-electron chi connectivity index (χ1n) is 8.72. The van der Waals surface area contributed by atoms with E-state index < -0.39 is 5.97 Å². The number of rotatable bonds is 6. The minimum absolute atomic E-state index is 0.316. The van der Waals surface area contributed by atoms with Crippen molar-refractivity contribution in [3.8, 4) is 0 Å². The van der Waals surface area contributed by atoms with E-state index in [0.29, 0.717) is 12.1 Å². The number of hydrogen-bond donors (Lipinski definition) is 1. The van der Waals surface area contributed by atoms with Gasteiger partial charge in [-0.05, 0) is 35.2 Å². The summed E-state index contributed by atoms with van der Waals surface area (Å²) in [6.07, 6.45) is 9.27. The van der Waals surface area contributed by atoms with Crippen molar-refractivity contribution >= 4 is 18.1 Å². The molecule has 130 valence electrons. The van der Waals surface area contributed by atoms with Crippen molar-refractivity contribution in [2.45, 2.75) is 19.9 Å². The molecule has 0 radical (unpaired) electrons. The zero-order chi connectivity index (χ0) is 18.4. The summed E-state index contributed by atoms with van der Waals surface area (Å²) in [5, 5.41) is 9.08. The molecular formula is C23H22NO2+. The van der Waals surface area contributed by atoms with Gasteiger partial charge >= 0.3 is 5.97 Å². The Balaban J connectivity index is 1.67. The molecule has 3 nitrogen and oxygen atoms in total. The van der Waals surface area contributed by atoms with Crippen LogP contribution in [0.2, 0.25) is 0 Å². The SMILES string of the molecule is CCc1ccc(/C=C\c2cc[n+](Cc3cccc(C(=O)O)c3)cc2)cc1. The summed E-state index contributed by atoms with van der Waals surface area (Å²) >= 11 is 0. The first kappa shape index (κ1) is 17.6. The third-order valence-electron chi connectivity index (χ3n) is 4.31. The smallest absolute Gasteiger partial charge is 0.335 e. The van der Waals surface area contributed by atoms with Gasteiger partial charge in [0.15, 0.2) is 18.9 Å². The zero-order valence-corrected chi connectivity index (χ0v) is 14.8. The molecule has 0 bridgehead atoms. The Hall–Kier alpha value is -3.20. The molecule has 26 heavy (non-hydrogen) atoms. The monoisotopic (exact) mass is 344 g/mol. The van der Waals surface area contributed by atoms with Gasteiger partial charge in [-0.2, -0.15) is 0 Å². The van der Waals surface area contributed by atoms with Crippen molar-refractivity contribution in [2.24, 2.45) is 0 Å². The molecule has 1 aromatic heterocycles. The molecule has 3 heteroatoms. The van der Waals surface area contributed by atoms with Crippen molar-refractivity contribution < 1.29 is 14.5 Å². The third-order valence-corrected chi connectivity index (χ3v) is 4.31. The molecule has 3 rings (SSSR count). The van der Waals surface area contributed by atoms with Crippen LogP contribution in [-0.4, -0.2) is 11.1 Å². The average molecular weight is 344 g/mol. The van der Waals surface area contributed by atoms with Gasteiger partial charge in [-0.3, -0.25) is 0 Å². The van der Waals surface area contributed by atoms with E-state index in [0.717, 1.165) is 17.5 Å². The molecule has 0 aliphatic rings. The van der Waals surface area contributed by atoms with Crippen LogP contribution in [0.1, 0.15) is 39.5 Å². The zero-order valence-electron chi connectivity index (χ0n) is 14.8. The highest BCUT2D eigenvalue weighted by Crippen LogP contribution is 2.10. The Bertz CT molecular complexity index is 910. The predicted octanol–water partition coefficient (Wildman–Crippen LogP) is 4.45. The van der Waals surface area contributed by atoms with Crippen LogP contribution >= 0.6 is 0 Å². The molecule has 0 aliphatic heterocycles. The number of aromatic nitrogens is 1. The highest BCUT2D eigenvalue weighted by molar-refractivity contribution is 5.87. The first-order chi connectivity index (χ1) is 12.6.